The molecule has 0 fully saturated rings. The van der Waals surface area contributed by atoms with E-state index < -0.39 is 64.9 Å². The van der Waals surface area contributed by atoms with Crippen LogP contribution in [0.25, 0.3) is 0 Å². The lowest BCUT2D eigenvalue weighted by molar-refractivity contribution is -0.279. The van der Waals surface area contributed by atoms with Crippen molar-refractivity contribution >= 4 is 11.9 Å². The molecule has 0 saturated carbocycles. The quantitative estimate of drug-likeness (QED) is 0.0508. The van der Waals surface area contributed by atoms with Gasteiger partial charge in [0.15, 0.2) is 6.10 Å². The van der Waals surface area contributed by atoms with E-state index in [1.807, 2.05) is 6.92 Å². The molecule has 0 aliphatic rings. The summed E-state index contributed by atoms with van der Waals surface area (Å²) in [7, 11) is 2.80. The van der Waals surface area contributed by atoms with Crippen LogP contribution in [0.3, 0.4) is 0 Å². The third kappa shape index (κ3) is 10.6. The van der Waals surface area contributed by atoms with Crippen LogP contribution in [0.2, 0.25) is 0 Å². The van der Waals surface area contributed by atoms with Gasteiger partial charge in [0, 0.05) is 38.9 Å². The zero-order chi connectivity index (χ0) is 38.1. The summed E-state index contributed by atoms with van der Waals surface area (Å²) in [6, 6.07) is 12.5. The lowest BCUT2D eigenvalue weighted by Crippen LogP contribution is -2.53. The van der Waals surface area contributed by atoms with Gasteiger partial charge in [-0.3, -0.25) is 0 Å². The molecule has 13 heteroatoms. The summed E-state index contributed by atoms with van der Waals surface area (Å²) in [6.45, 7) is 5.49. The number of carbonyl (C=O) groups is 2. The third-order valence-electron chi connectivity index (χ3n) is 8.03. The van der Waals surface area contributed by atoms with Crippen molar-refractivity contribution < 1.29 is 59.6 Å². The van der Waals surface area contributed by atoms with E-state index in [1.165, 1.54) is 43.5 Å². The second-order valence-corrected chi connectivity index (χ2v) is 11.3. The number of esters is 2. The van der Waals surface area contributed by atoms with Gasteiger partial charge in [0.05, 0.1) is 6.10 Å². The minimum atomic E-state index is -5.22. The fraction of sp³-hybridized carbons (Fsp3) is 0.474. The van der Waals surface area contributed by atoms with Crippen molar-refractivity contribution in [1.29, 1.82) is 0 Å². The molecule has 0 unspecified atom stereocenters. The number of methoxy groups -OCH3 is 3. The lowest BCUT2D eigenvalue weighted by atomic mass is 9.92. The van der Waals surface area contributed by atoms with Gasteiger partial charge in [0.1, 0.15) is 6.10 Å². The molecule has 2 aromatic rings. The Labute approximate surface area is 294 Å². The number of unbranched alkanes of at least 4 members (excludes halogenated alkanes) is 4. The Kier molecular flexibility index (Phi) is 16.7. The number of rotatable bonds is 18. The van der Waals surface area contributed by atoms with Crippen LogP contribution in [0.5, 0.6) is 0 Å². The highest BCUT2D eigenvalue weighted by molar-refractivity contribution is 5.83. The van der Waals surface area contributed by atoms with E-state index in [0.29, 0.717) is 12.8 Å². The molecule has 7 nitrogen and oxygen atoms in total. The molecule has 0 aliphatic carbocycles. The van der Waals surface area contributed by atoms with Gasteiger partial charge < -0.3 is 23.7 Å². The maximum absolute atomic E-state index is 14.6. The van der Waals surface area contributed by atoms with Crippen molar-refractivity contribution in [2.75, 3.05) is 21.3 Å². The predicted molar refractivity (Wildman–Crippen MR) is 177 cm³/mol. The molecular weight excluding hydrogens is 682 g/mol. The van der Waals surface area contributed by atoms with E-state index in [4.69, 9.17) is 23.7 Å². The SMILES string of the molecule is C=C[C@H](C#CC#CC[C@H](OC(=O)[C@@](OC)(c1ccccc1)C(F)(F)F)[C@H](CCCCCCC)OC)OC(=O)[C@@](OC)(c1ccccc1)C(F)(F)F. The standard InChI is InChI=1S/C38H42F6O7/c1-6-8-9-10-19-26-31(47-3)32(51-34(46)36(49-5,38(42,43)44)29-23-16-12-17-24-29)27-20-13-18-25-30(7-2)50-33(45)35(48-4,37(39,40)41)28-21-14-11-15-22-28/h7,11-12,14-17,21-24,30-32H,2,6,8-10,19,26-27H2,1,3-5H3/t30-,31+,32+,35+,36+/m1/s1. The van der Waals surface area contributed by atoms with Crippen LogP contribution in [0.15, 0.2) is 73.3 Å². The average molecular weight is 725 g/mol. The molecule has 0 spiro atoms. The summed E-state index contributed by atoms with van der Waals surface area (Å²) in [5.41, 5.74) is -7.92. The molecule has 0 radical (unpaired) electrons. The number of alkyl halides is 6. The van der Waals surface area contributed by atoms with Gasteiger partial charge in [-0.05, 0) is 30.3 Å². The smallest absolute Gasteiger partial charge is 0.432 e. The number of hydrogen-bond acceptors (Lipinski definition) is 7. The second-order valence-electron chi connectivity index (χ2n) is 11.3. The molecule has 5 atom stereocenters. The molecule has 0 heterocycles. The minimum Gasteiger partial charge on any atom is -0.456 e. The molecule has 51 heavy (non-hydrogen) atoms. The summed E-state index contributed by atoms with van der Waals surface area (Å²) in [5.74, 6) is 6.22. The first-order valence-corrected chi connectivity index (χ1v) is 16.1. The molecule has 0 saturated heterocycles. The van der Waals surface area contributed by atoms with Crippen molar-refractivity contribution in [3.63, 3.8) is 0 Å². The topological polar surface area (TPSA) is 80.3 Å². The van der Waals surface area contributed by atoms with E-state index >= 15 is 0 Å². The van der Waals surface area contributed by atoms with Crippen LogP contribution in [-0.2, 0) is 44.5 Å². The largest absolute Gasteiger partial charge is 0.456 e. The fourth-order valence-corrected chi connectivity index (χ4v) is 5.29. The van der Waals surface area contributed by atoms with Crippen LogP contribution in [0.1, 0.15) is 63.0 Å². The summed E-state index contributed by atoms with van der Waals surface area (Å²) < 4.78 is 112. The van der Waals surface area contributed by atoms with Crippen molar-refractivity contribution in [2.24, 2.45) is 0 Å². The second kappa shape index (κ2) is 19.9. The first-order valence-electron chi connectivity index (χ1n) is 16.1. The first kappa shape index (κ1) is 42.9. The van der Waals surface area contributed by atoms with Crippen LogP contribution in [0.4, 0.5) is 26.3 Å². The van der Waals surface area contributed by atoms with Gasteiger partial charge in [-0.15, -0.1) is 0 Å². The molecule has 0 bridgehead atoms. The highest BCUT2D eigenvalue weighted by atomic mass is 19.4. The molecular formula is C38H42F6O7. The van der Waals surface area contributed by atoms with E-state index in [1.54, 1.807) is 0 Å². The number of benzene rings is 2. The minimum absolute atomic E-state index is 0.333. The van der Waals surface area contributed by atoms with Crippen molar-refractivity contribution in [3.05, 3.63) is 84.4 Å². The molecule has 2 aromatic carbocycles. The fourth-order valence-electron chi connectivity index (χ4n) is 5.29. The number of halogens is 6. The maximum Gasteiger partial charge on any atom is 0.432 e. The molecule has 0 aliphatic heterocycles. The Morgan fingerprint density at radius 2 is 1.22 bits per heavy atom. The van der Waals surface area contributed by atoms with E-state index in [0.717, 1.165) is 70.2 Å². The van der Waals surface area contributed by atoms with Crippen LogP contribution < -0.4 is 0 Å². The normalized spacial score (nSPS) is 15.6. The Morgan fingerprint density at radius 3 is 1.65 bits per heavy atom. The molecule has 278 valence electrons. The molecule has 0 amide bonds. The summed E-state index contributed by atoms with van der Waals surface area (Å²) in [6.07, 6.45) is -8.83. The first-order chi connectivity index (χ1) is 24.2. The molecule has 0 aromatic heterocycles. The van der Waals surface area contributed by atoms with Crippen LogP contribution in [-0.4, -0.2) is 63.9 Å². The number of carbonyl (C=O) groups excluding carboxylic acids is 2. The summed E-state index contributed by atoms with van der Waals surface area (Å²) in [5, 5.41) is 0. The van der Waals surface area contributed by atoms with Crippen LogP contribution in [0, 0.1) is 23.7 Å². The summed E-state index contributed by atoms with van der Waals surface area (Å²) >= 11 is 0. The molecule has 2 rings (SSSR count). The van der Waals surface area contributed by atoms with Gasteiger partial charge in [-0.2, -0.15) is 26.3 Å². The zero-order valence-corrected chi connectivity index (χ0v) is 28.9. The predicted octanol–water partition coefficient (Wildman–Crippen LogP) is 7.98. The van der Waals surface area contributed by atoms with Gasteiger partial charge in [0.25, 0.3) is 11.2 Å². The van der Waals surface area contributed by atoms with Gasteiger partial charge >= 0.3 is 24.3 Å². The van der Waals surface area contributed by atoms with E-state index in [9.17, 15) is 35.9 Å². The van der Waals surface area contributed by atoms with Gasteiger partial charge in [-0.25, -0.2) is 9.59 Å². The van der Waals surface area contributed by atoms with Gasteiger partial charge in [-0.1, -0.05) is 112 Å². The highest BCUT2D eigenvalue weighted by Crippen LogP contribution is 2.44. The van der Waals surface area contributed by atoms with Crippen molar-refractivity contribution in [1.82, 2.24) is 0 Å². The van der Waals surface area contributed by atoms with Crippen molar-refractivity contribution in [3.8, 4) is 23.7 Å². The summed E-state index contributed by atoms with van der Waals surface area (Å²) in [4.78, 5) is 26.4. The monoisotopic (exact) mass is 724 g/mol. The van der Waals surface area contributed by atoms with Gasteiger partial charge in [0.2, 0.25) is 0 Å². The average Bonchev–Trinajstić information content (AvgIpc) is 3.09. The molecule has 0 N–H and O–H groups in total. The lowest BCUT2D eigenvalue weighted by Gasteiger charge is -2.34. The Morgan fingerprint density at radius 1 is 0.725 bits per heavy atom. The highest BCUT2D eigenvalue weighted by Gasteiger charge is 2.65. The van der Waals surface area contributed by atoms with E-state index in [-0.39, 0.29) is 6.42 Å². The number of ether oxygens (including phenoxy) is 5. The van der Waals surface area contributed by atoms with E-state index in [2.05, 4.69) is 30.3 Å². The Hall–Kier alpha value is -4.30. The Bertz CT molecular complexity index is 1520. The van der Waals surface area contributed by atoms with Crippen molar-refractivity contribution in [2.45, 2.75) is 93.7 Å². The zero-order valence-electron chi connectivity index (χ0n) is 28.9. The van der Waals surface area contributed by atoms with Crippen LogP contribution >= 0.6 is 0 Å². The maximum atomic E-state index is 14.6. The third-order valence-corrected chi connectivity index (χ3v) is 8.03. The number of hydrogen-bond donors (Lipinski definition) is 0. The Balaban J connectivity index is 2.38.